The standard InChI is InChI=1S/C12H15BrN2O5S/c1-3-14-11(16)6-15-21(19,20)10-5-8(12(17)18)4-9(13)7(10)2/h4-5,15H,3,6H2,1-2H3,(H,14,16)(H,17,18). The first-order valence-electron chi connectivity index (χ1n) is 5.98. The molecule has 0 aliphatic heterocycles. The van der Waals surface area contributed by atoms with Crippen molar-refractivity contribution in [2.24, 2.45) is 0 Å². The highest BCUT2D eigenvalue weighted by Crippen LogP contribution is 2.25. The number of hydrogen-bond acceptors (Lipinski definition) is 4. The highest BCUT2D eigenvalue weighted by molar-refractivity contribution is 9.10. The van der Waals surface area contributed by atoms with Crippen molar-refractivity contribution in [2.45, 2.75) is 18.7 Å². The summed E-state index contributed by atoms with van der Waals surface area (Å²) in [6, 6.07) is 2.38. The Balaban J connectivity index is 3.13. The van der Waals surface area contributed by atoms with Gasteiger partial charge in [-0.1, -0.05) is 15.9 Å². The lowest BCUT2D eigenvalue weighted by atomic mass is 10.1. The molecule has 0 unspecified atom stereocenters. The fourth-order valence-electron chi connectivity index (χ4n) is 1.55. The van der Waals surface area contributed by atoms with E-state index in [1.165, 1.54) is 13.0 Å². The van der Waals surface area contributed by atoms with Gasteiger partial charge < -0.3 is 10.4 Å². The largest absolute Gasteiger partial charge is 0.478 e. The third-order valence-corrected chi connectivity index (χ3v) is 4.98. The summed E-state index contributed by atoms with van der Waals surface area (Å²) in [5.41, 5.74) is 0.203. The van der Waals surface area contributed by atoms with Crippen molar-refractivity contribution in [1.82, 2.24) is 10.0 Å². The molecule has 0 saturated heterocycles. The summed E-state index contributed by atoms with van der Waals surface area (Å²) in [6.07, 6.45) is 0. The third-order valence-electron chi connectivity index (χ3n) is 2.63. The Bertz CT molecular complexity index is 672. The molecule has 116 valence electrons. The van der Waals surface area contributed by atoms with Crippen LogP contribution >= 0.6 is 15.9 Å². The van der Waals surface area contributed by atoms with Crippen molar-refractivity contribution in [2.75, 3.05) is 13.1 Å². The number of carbonyl (C=O) groups is 2. The van der Waals surface area contributed by atoms with Crippen LogP contribution in [0.2, 0.25) is 0 Å². The highest BCUT2D eigenvalue weighted by atomic mass is 79.9. The lowest BCUT2D eigenvalue weighted by Crippen LogP contribution is -2.37. The molecule has 0 heterocycles. The van der Waals surface area contributed by atoms with E-state index in [0.717, 1.165) is 6.07 Å². The minimum atomic E-state index is -3.99. The van der Waals surface area contributed by atoms with Crippen LogP contribution in [0.4, 0.5) is 0 Å². The topological polar surface area (TPSA) is 113 Å². The van der Waals surface area contributed by atoms with Crippen molar-refractivity contribution in [1.29, 1.82) is 0 Å². The van der Waals surface area contributed by atoms with Crippen LogP contribution in [0.3, 0.4) is 0 Å². The SMILES string of the molecule is CCNC(=O)CNS(=O)(=O)c1cc(C(=O)O)cc(Br)c1C. The number of sulfonamides is 1. The summed E-state index contributed by atoms with van der Waals surface area (Å²) in [4.78, 5) is 22.1. The molecule has 0 spiro atoms. The van der Waals surface area contributed by atoms with E-state index in [0.29, 0.717) is 16.6 Å². The van der Waals surface area contributed by atoms with Crippen LogP contribution in [-0.2, 0) is 14.8 Å². The number of hydrogen-bond donors (Lipinski definition) is 3. The fraction of sp³-hybridized carbons (Fsp3) is 0.333. The van der Waals surface area contributed by atoms with Crippen LogP contribution in [0, 0.1) is 6.92 Å². The van der Waals surface area contributed by atoms with E-state index >= 15 is 0 Å². The average Bonchev–Trinajstić information content (AvgIpc) is 2.39. The average molecular weight is 379 g/mol. The van der Waals surface area contributed by atoms with Crippen LogP contribution in [0.15, 0.2) is 21.5 Å². The second-order valence-electron chi connectivity index (χ2n) is 4.16. The maximum absolute atomic E-state index is 12.2. The van der Waals surface area contributed by atoms with Crippen LogP contribution in [0.25, 0.3) is 0 Å². The molecule has 0 aromatic heterocycles. The van der Waals surface area contributed by atoms with E-state index in [2.05, 4.69) is 26.0 Å². The second-order valence-corrected chi connectivity index (χ2v) is 6.75. The number of amides is 1. The van der Waals surface area contributed by atoms with E-state index < -0.39 is 28.4 Å². The van der Waals surface area contributed by atoms with Crippen LogP contribution in [0.5, 0.6) is 0 Å². The van der Waals surface area contributed by atoms with Crippen molar-refractivity contribution >= 4 is 37.8 Å². The second kappa shape index (κ2) is 7.01. The number of likely N-dealkylation sites (N-methyl/N-ethyl adjacent to an activating group) is 1. The van der Waals surface area contributed by atoms with Gasteiger partial charge in [-0.15, -0.1) is 0 Å². The first kappa shape index (κ1) is 17.6. The van der Waals surface area contributed by atoms with E-state index in [4.69, 9.17) is 5.11 Å². The molecule has 0 aliphatic rings. The van der Waals surface area contributed by atoms with Gasteiger partial charge in [-0.2, -0.15) is 0 Å². The fourth-order valence-corrected chi connectivity index (χ4v) is 3.42. The molecule has 9 heteroatoms. The van der Waals surface area contributed by atoms with Gasteiger partial charge in [-0.05, 0) is 31.5 Å². The van der Waals surface area contributed by atoms with Gasteiger partial charge >= 0.3 is 5.97 Å². The number of aromatic carboxylic acids is 1. The van der Waals surface area contributed by atoms with Crippen molar-refractivity contribution in [3.05, 3.63) is 27.7 Å². The number of nitrogens with one attached hydrogen (secondary N) is 2. The van der Waals surface area contributed by atoms with Gasteiger partial charge in [-0.3, -0.25) is 4.79 Å². The summed E-state index contributed by atoms with van der Waals surface area (Å²) >= 11 is 3.13. The van der Waals surface area contributed by atoms with E-state index in [1.54, 1.807) is 6.92 Å². The third kappa shape index (κ3) is 4.51. The summed E-state index contributed by atoms with van der Waals surface area (Å²) in [7, 11) is -3.99. The molecule has 3 N–H and O–H groups in total. The quantitative estimate of drug-likeness (QED) is 0.679. The zero-order chi connectivity index (χ0) is 16.2. The summed E-state index contributed by atoms with van der Waals surface area (Å²) < 4.78 is 26.9. The first-order valence-corrected chi connectivity index (χ1v) is 8.26. The highest BCUT2D eigenvalue weighted by Gasteiger charge is 2.21. The zero-order valence-corrected chi connectivity index (χ0v) is 13.8. The Morgan fingerprint density at radius 3 is 2.48 bits per heavy atom. The normalized spacial score (nSPS) is 11.2. The molecule has 21 heavy (non-hydrogen) atoms. The molecular weight excluding hydrogens is 364 g/mol. The maximum Gasteiger partial charge on any atom is 0.335 e. The number of benzene rings is 1. The van der Waals surface area contributed by atoms with Gasteiger partial charge in [0.05, 0.1) is 17.0 Å². The zero-order valence-electron chi connectivity index (χ0n) is 11.4. The molecule has 1 aromatic carbocycles. The molecule has 7 nitrogen and oxygen atoms in total. The Morgan fingerprint density at radius 1 is 1.33 bits per heavy atom. The van der Waals surface area contributed by atoms with Gasteiger partial charge in [0.2, 0.25) is 15.9 Å². The maximum atomic E-state index is 12.2. The molecule has 1 rings (SSSR count). The summed E-state index contributed by atoms with van der Waals surface area (Å²) in [6.45, 7) is 3.23. The predicted molar refractivity (Wildman–Crippen MR) is 79.7 cm³/mol. The van der Waals surface area contributed by atoms with Gasteiger partial charge in [0.25, 0.3) is 0 Å². The number of carbonyl (C=O) groups excluding carboxylic acids is 1. The smallest absolute Gasteiger partial charge is 0.335 e. The van der Waals surface area contributed by atoms with Gasteiger partial charge in [0.1, 0.15) is 0 Å². The molecule has 0 saturated carbocycles. The summed E-state index contributed by atoms with van der Waals surface area (Å²) in [5.74, 6) is -1.71. The van der Waals surface area contributed by atoms with Gasteiger partial charge in [0.15, 0.2) is 0 Å². The van der Waals surface area contributed by atoms with Gasteiger partial charge in [-0.25, -0.2) is 17.9 Å². The molecule has 1 amide bonds. The van der Waals surface area contributed by atoms with Crippen molar-refractivity contribution < 1.29 is 23.1 Å². The Kier molecular flexibility index (Phi) is 5.87. The van der Waals surface area contributed by atoms with Crippen LogP contribution in [-0.4, -0.2) is 38.5 Å². The van der Waals surface area contributed by atoms with E-state index in [1.807, 2.05) is 0 Å². The Hall–Kier alpha value is -1.45. The molecule has 0 bridgehead atoms. The number of rotatable bonds is 6. The number of carboxylic acids is 1. The lowest BCUT2D eigenvalue weighted by Gasteiger charge is -2.11. The first-order chi connectivity index (χ1) is 9.69. The van der Waals surface area contributed by atoms with Crippen LogP contribution in [0.1, 0.15) is 22.8 Å². The Labute approximate surface area is 130 Å². The molecular formula is C12H15BrN2O5S. The number of carboxylic acid groups (broad SMARTS) is 1. The molecule has 0 fully saturated rings. The monoisotopic (exact) mass is 378 g/mol. The van der Waals surface area contributed by atoms with Crippen molar-refractivity contribution in [3.8, 4) is 0 Å². The predicted octanol–water partition coefficient (Wildman–Crippen LogP) is 0.870. The van der Waals surface area contributed by atoms with E-state index in [-0.39, 0.29) is 10.5 Å². The van der Waals surface area contributed by atoms with Crippen LogP contribution < -0.4 is 10.0 Å². The number of halogens is 1. The minimum Gasteiger partial charge on any atom is -0.478 e. The molecule has 1 aromatic rings. The lowest BCUT2D eigenvalue weighted by molar-refractivity contribution is -0.119. The molecule has 0 aliphatic carbocycles. The van der Waals surface area contributed by atoms with Crippen molar-refractivity contribution in [3.63, 3.8) is 0 Å². The van der Waals surface area contributed by atoms with Gasteiger partial charge in [0, 0.05) is 11.0 Å². The minimum absolute atomic E-state index is 0.161. The summed E-state index contributed by atoms with van der Waals surface area (Å²) in [5, 5.41) is 11.4. The van der Waals surface area contributed by atoms with E-state index in [9.17, 15) is 18.0 Å². The molecule has 0 radical (unpaired) electrons. The Morgan fingerprint density at radius 2 is 1.95 bits per heavy atom. The molecule has 0 atom stereocenters.